The number of fused-ring (bicyclic) bond motifs is 6. The zero-order valence-electron chi connectivity index (χ0n) is 25.2. The van der Waals surface area contributed by atoms with Gasteiger partial charge in [0.15, 0.2) is 0 Å². The Labute approximate surface area is 285 Å². The topological polar surface area (TPSA) is 6.48 Å². The van der Waals surface area contributed by atoms with Gasteiger partial charge in [0, 0.05) is 68.8 Å². The number of anilines is 6. The largest absolute Gasteiger partial charge is 0.310 e. The highest BCUT2D eigenvalue weighted by molar-refractivity contribution is 7.26. The van der Waals surface area contributed by atoms with Crippen molar-refractivity contribution in [1.29, 1.82) is 0 Å². The molecular formula is C42H27ClN2S2. The van der Waals surface area contributed by atoms with Crippen LogP contribution < -0.4 is 9.80 Å². The molecule has 0 fully saturated rings. The third-order valence-corrected chi connectivity index (χ3v) is 11.3. The Morgan fingerprint density at radius 3 is 1.51 bits per heavy atom. The first-order valence-corrected chi connectivity index (χ1v) is 17.5. The molecule has 0 aliphatic rings. The van der Waals surface area contributed by atoms with Crippen molar-refractivity contribution in [1.82, 2.24) is 0 Å². The highest BCUT2D eigenvalue weighted by atomic mass is 35.5. The van der Waals surface area contributed by atoms with Crippen LogP contribution in [0.2, 0.25) is 5.02 Å². The van der Waals surface area contributed by atoms with E-state index in [1.54, 1.807) is 11.3 Å². The van der Waals surface area contributed by atoms with Crippen LogP contribution >= 0.6 is 34.3 Å². The molecule has 0 radical (unpaired) electrons. The van der Waals surface area contributed by atoms with Crippen LogP contribution in [0.3, 0.4) is 0 Å². The molecule has 224 valence electrons. The smallest absolute Gasteiger partial charge is 0.0661 e. The lowest BCUT2D eigenvalue weighted by Gasteiger charge is -2.26. The van der Waals surface area contributed by atoms with E-state index in [4.69, 9.17) is 11.6 Å². The third-order valence-electron chi connectivity index (χ3n) is 8.69. The van der Waals surface area contributed by atoms with E-state index in [0.717, 1.165) is 39.1 Å². The minimum absolute atomic E-state index is 0.732. The van der Waals surface area contributed by atoms with E-state index in [9.17, 15) is 0 Å². The van der Waals surface area contributed by atoms with Gasteiger partial charge < -0.3 is 9.80 Å². The first kappa shape index (κ1) is 28.1. The molecule has 0 bridgehead atoms. The summed E-state index contributed by atoms with van der Waals surface area (Å²) < 4.78 is 4.96. The molecule has 0 amide bonds. The van der Waals surface area contributed by atoms with E-state index >= 15 is 0 Å². The Balaban J connectivity index is 1.20. The highest BCUT2D eigenvalue weighted by Gasteiger charge is 2.20. The lowest BCUT2D eigenvalue weighted by Crippen LogP contribution is -2.10. The van der Waals surface area contributed by atoms with Crippen LogP contribution in [0, 0.1) is 0 Å². The fourth-order valence-corrected chi connectivity index (χ4v) is 9.10. The number of para-hydroxylation sites is 3. The molecule has 9 rings (SSSR count). The maximum absolute atomic E-state index is 7.12. The quantitative estimate of drug-likeness (QED) is 0.175. The molecule has 0 spiro atoms. The van der Waals surface area contributed by atoms with E-state index < -0.39 is 0 Å². The predicted molar refractivity (Wildman–Crippen MR) is 207 cm³/mol. The average molecular weight is 659 g/mol. The molecule has 0 unspecified atom stereocenters. The summed E-state index contributed by atoms with van der Waals surface area (Å²) in [6, 6.07) is 58.3. The van der Waals surface area contributed by atoms with E-state index in [1.165, 1.54) is 40.3 Å². The van der Waals surface area contributed by atoms with Crippen LogP contribution in [0.1, 0.15) is 0 Å². The Morgan fingerprint density at radius 1 is 0.340 bits per heavy atom. The van der Waals surface area contributed by atoms with Crippen molar-refractivity contribution >= 4 is 109 Å². The van der Waals surface area contributed by atoms with Gasteiger partial charge in [0.1, 0.15) is 0 Å². The molecule has 0 N–H and O–H groups in total. The van der Waals surface area contributed by atoms with Gasteiger partial charge in [-0.2, -0.15) is 0 Å². The average Bonchev–Trinajstić information content (AvgIpc) is 3.67. The molecule has 0 saturated carbocycles. The van der Waals surface area contributed by atoms with Crippen LogP contribution in [-0.2, 0) is 0 Å². The van der Waals surface area contributed by atoms with Gasteiger partial charge in [0.25, 0.3) is 0 Å². The molecule has 7 aromatic carbocycles. The summed E-state index contributed by atoms with van der Waals surface area (Å²) in [5, 5.41) is 5.71. The lowest BCUT2D eigenvalue weighted by molar-refractivity contribution is 1.29. The molecule has 0 atom stereocenters. The summed E-state index contributed by atoms with van der Waals surface area (Å²) in [5.41, 5.74) is 6.51. The fraction of sp³-hybridized carbons (Fsp3) is 0. The SMILES string of the molecule is Clc1cc2sc3ccccc3c2cc1N(c1ccccc1)c1ccc2c(c1)sc1ccc(N(c3ccccc3)c3ccccc3)cc12. The molecular weight excluding hydrogens is 632 g/mol. The Bertz CT molecular complexity index is 2500. The van der Waals surface area contributed by atoms with Crippen molar-refractivity contribution in [2.24, 2.45) is 0 Å². The van der Waals surface area contributed by atoms with Gasteiger partial charge in [-0.3, -0.25) is 0 Å². The second-order valence-electron chi connectivity index (χ2n) is 11.5. The number of rotatable bonds is 6. The summed E-state index contributed by atoms with van der Waals surface area (Å²) >= 11 is 10.7. The van der Waals surface area contributed by atoms with Gasteiger partial charge in [-0.15, -0.1) is 22.7 Å². The van der Waals surface area contributed by atoms with Crippen LogP contribution in [0.25, 0.3) is 40.3 Å². The second-order valence-corrected chi connectivity index (χ2v) is 14.1. The molecule has 0 aliphatic carbocycles. The normalized spacial score (nSPS) is 11.5. The Kier molecular flexibility index (Phi) is 6.93. The maximum atomic E-state index is 7.12. The van der Waals surface area contributed by atoms with Crippen molar-refractivity contribution in [2.45, 2.75) is 0 Å². The monoisotopic (exact) mass is 658 g/mol. The zero-order valence-corrected chi connectivity index (χ0v) is 27.6. The summed E-state index contributed by atoms with van der Waals surface area (Å²) in [5.74, 6) is 0. The van der Waals surface area contributed by atoms with Gasteiger partial charge >= 0.3 is 0 Å². The standard InChI is InChI=1S/C42H27ClN2S2/c43-37-27-42-36(33-18-10-11-19-39(33)46-42)26-38(37)45(30-16-8-3-9-17-30)32-20-22-34-35-24-31(21-23-40(35)47-41(34)25-32)44(28-12-4-1-5-13-28)29-14-6-2-7-15-29/h1-27H. The van der Waals surface area contributed by atoms with Crippen LogP contribution in [-0.4, -0.2) is 0 Å². The summed E-state index contributed by atoms with van der Waals surface area (Å²) in [6.07, 6.45) is 0. The minimum Gasteiger partial charge on any atom is -0.310 e. The van der Waals surface area contributed by atoms with E-state index in [-0.39, 0.29) is 0 Å². The molecule has 47 heavy (non-hydrogen) atoms. The molecule has 2 nitrogen and oxygen atoms in total. The van der Waals surface area contributed by atoms with Crippen molar-refractivity contribution in [3.63, 3.8) is 0 Å². The van der Waals surface area contributed by atoms with Crippen molar-refractivity contribution < 1.29 is 0 Å². The molecule has 0 aliphatic heterocycles. The Hall–Kier alpha value is -5.13. The number of hydrogen-bond donors (Lipinski definition) is 0. The number of thiophene rings is 2. The van der Waals surface area contributed by atoms with E-state index in [2.05, 4.69) is 174 Å². The maximum Gasteiger partial charge on any atom is 0.0661 e. The lowest BCUT2D eigenvalue weighted by atomic mass is 10.1. The molecule has 2 aromatic heterocycles. The van der Waals surface area contributed by atoms with Crippen LogP contribution in [0.4, 0.5) is 34.1 Å². The zero-order chi connectivity index (χ0) is 31.3. The van der Waals surface area contributed by atoms with Gasteiger partial charge in [0.2, 0.25) is 0 Å². The molecule has 9 aromatic rings. The number of nitrogens with zero attached hydrogens (tertiary/aromatic N) is 2. The first-order chi connectivity index (χ1) is 23.2. The fourth-order valence-electron chi connectivity index (χ4n) is 6.54. The van der Waals surface area contributed by atoms with Crippen LogP contribution in [0.15, 0.2) is 164 Å². The van der Waals surface area contributed by atoms with Gasteiger partial charge in [-0.1, -0.05) is 90.5 Å². The summed E-state index contributed by atoms with van der Waals surface area (Å²) in [4.78, 5) is 4.61. The Morgan fingerprint density at radius 2 is 0.830 bits per heavy atom. The summed E-state index contributed by atoms with van der Waals surface area (Å²) in [7, 11) is 0. The van der Waals surface area contributed by atoms with Crippen molar-refractivity contribution in [3.05, 3.63) is 169 Å². The number of halogens is 1. The molecule has 5 heteroatoms. The van der Waals surface area contributed by atoms with Gasteiger partial charge in [-0.05, 0) is 84.9 Å². The van der Waals surface area contributed by atoms with Crippen molar-refractivity contribution in [3.8, 4) is 0 Å². The predicted octanol–water partition coefficient (Wildman–Crippen LogP) is 14.0. The van der Waals surface area contributed by atoms with Gasteiger partial charge in [0.05, 0.1) is 10.7 Å². The van der Waals surface area contributed by atoms with Gasteiger partial charge in [-0.25, -0.2) is 0 Å². The second kappa shape index (κ2) is 11.6. The third kappa shape index (κ3) is 4.93. The number of hydrogen-bond acceptors (Lipinski definition) is 4. The molecule has 0 saturated heterocycles. The summed E-state index contributed by atoms with van der Waals surface area (Å²) in [6.45, 7) is 0. The van der Waals surface area contributed by atoms with E-state index in [1.807, 2.05) is 11.3 Å². The van der Waals surface area contributed by atoms with Crippen LogP contribution in [0.5, 0.6) is 0 Å². The molecule has 2 heterocycles. The minimum atomic E-state index is 0.732. The first-order valence-electron chi connectivity index (χ1n) is 15.5. The van der Waals surface area contributed by atoms with Crippen molar-refractivity contribution in [2.75, 3.05) is 9.80 Å². The highest BCUT2D eigenvalue weighted by Crippen LogP contribution is 2.47. The van der Waals surface area contributed by atoms with E-state index in [0.29, 0.717) is 0 Å². The number of benzene rings is 7.